The summed E-state index contributed by atoms with van der Waals surface area (Å²) in [5, 5.41) is 9.83. The van der Waals surface area contributed by atoms with Crippen molar-refractivity contribution in [2.75, 3.05) is 0 Å². The molecule has 0 aromatic rings. The number of rotatable bonds is 4. The van der Waals surface area contributed by atoms with Crippen LogP contribution < -0.4 is 0 Å². The Bertz CT molecular complexity index is 791. The molecule has 0 heterocycles. The first-order chi connectivity index (χ1) is 15.0. The highest BCUT2D eigenvalue weighted by molar-refractivity contribution is 6.41. The van der Waals surface area contributed by atoms with Crippen LogP contribution in [0.2, 0.25) is 5.21 Å². The van der Waals surface area contributed by atoms with Crippen LogP contribution in [0.5, 0.6) is 0 Å². The lowest BCUT2D eigenvalue weighted by molar-refractivity contribution is -0.172. The van der Waals surface area contributed by atoms with Crippen molar-refractivity contribution in [1.82, 2.24) is 0 Å². The van der Waals surface area contributed by atoms with Crippen molar-refractivity contribution in [3.8, 4) is 0 Å². The fourth-order valence-corrected chi connectivity index (χ4v) is 8.83. The predicted molar refractivity (Wildman–Crippen MR) is 129 cm³/mol. The topological polar surface area (TPSA) is 20.2 Å². The first-order valence-corrected chi connectivity index (χ1v) is 13.1. The largest absolute Gasteiger partial charge is 0.391 e. The minimum absolute atomic E-state index is 0.0301. The van der Waals surface area contributed by atoms with Crippen LogP contribution in [0, 0.1) is 46.3 Å². The minimum atomic E-state index is -4.11. The second-order valence-electron chi connectivity index (χ2n) is 13.2. The van der Waals surface area contributed by atoms with Crippen LogP contribution in [0.25, 0.3) is 0 Å². The number of allylic oxidation sites excluding steroid dienone is 1. The number of aliphatic hydroxyl groups is 1. The van der Waals surface area contributed by atoms with Crippen LogP contribution in [-0.2, 0) is 0 Å². The Labute approximate surface area is 201 Å². The predicted octanol–water partition coefficient (Wildman–Crippen LogP) is 6.99. The third kappa shape index (κ3) is 4.27. The molecule has 0 aliphatic heterocycles. The van der Waals surface area contributed by atoms with Gasteiger partial charge in [0.15, 0.2) is 0 Å². The van der Waals surface area contributed by atoms with Gasteiger partial charge in [0.1, 0.15) is 0 Å². The summed E-state index contributed by atoms with van der Waals surface area (Å²) in [4.78, 5) is 0. The smallest absolute Gasteiger partial charge is 0.390 e. The van der Waals surface area contributed by atoms with Gasteiger partial charge in [0, 0.05) is 0 Å². The summed E-state index contributed by atoms with van der Waals surface area (Å²) >= 11 is 0. The highest BCUT2D eigenvalue weighted by Crippen LogP contribution is 2.71. The molecule has 0 spiro atoms. The molecule has 7 unspecified atom stereocenters. The summed E-state index contributed by atoms with van der Waals surface area (Å²) in [5.41, 5.74) is 0.646. The number of fused-ring (bicyclic) bond motifs is 5. The van der Waals surface area contributed by atoms with E-state index in [2.05, 4.69) is 26.8 Å². The Morgan fingerprint density at radius 2 is 1.67 bits per heavy atom. The maximum absolute atomic E-state index is 13.1. The fraction of sp³-hybridized carbons (Fsp3) is 0.926. The summed E-state index contributed by atoms with van der Waals surface area (Å²) in [5.74, 6) is 0.425. The zero-order valence-corrected chi connectivity index (χ0v) is 21.1. The van der Waals surface area contributed by atoms with Crippen molar-refractivity contribution in [2.24, 2.45) is 46.3 Å². The summed E-state index contributed by atoms with van der Waals surface area (Å²) in [6, 6.07) is 0. The second-order valence-corrected chi connectivity index (χ2v) is 13.2. The average Bonchev–Trinajstić information content (AvgIpc) is 3.03. The molecule has 9 atom stereocenters. The molecule has 0 saturated heterocycles. The second kappa shape index (κ2) is 8.07. The Morgan fingerprint density at radius 1 is 1.00 bits per heavy atom. The minimum Gasteiger partial charge on any atom is -0.390 e. The van der Waals surface area contributed by atoms with Gasteiger partial charge in [0.05, 0.1) is 27.2 Å². The van der Waals surface area contributed by atoms with E-state index >= 15 is 0 Å². The zero-order chi connectivity index (χ0) is 24.6. The molecule has 3 saturated carbocycles. The number of alkyl halides is 3. The van der Waals surface area contributed by atoms with Crippen molar-refractivity contribution in [2.45, 2.75) is 109 Å². The van der Waals surface area contributed by atoms with E-state index in [4.69, 9.17) is 15.7 Å². The average molecular weight is 460 g/mol. The SMILES string of the molecule is [B]C1([B])C=C2C[C@@](C)(O)CCC2(C)C2CCC3(C)C(CCC3[C@H](C)CCC(C)C(F)(F)F)C21. The van der Waals surface area contributed by atoms with Gasteiger partial charge in [-0.15, -0.1) is 0 Å². The summed E-state index contributed by atoms with van der Waals surface area (Å²) in [7, 11) is 13.7. The Morgan fingerprint density at radius 3 is 2.30 bits per heavy atom. The van der Waals surface area contributed by atoms with Gasteiger partial charge in [-0.2, -0.15) is 13.2 Å². The maximum atomic E-state index is 13.1. The lowest BCUT2D eigenvalue weighted by atomic mass is 9.33. The standard InChI is InChI=1S/C27H41B2F3O/c1-16(6-7-17(2)27(30,31)32)19-8-9-20-22-21(10-11-25(19,20)5)24(4)13-12-23(3,33)14-18(24)15-26(22,28)29/h15-17,19-22,33H,6-14H2,1-5H3/t16-,17?,19?,20?,21?,22?,23+,24?,25?/m1/s1. The molecule has 4 radical (unpaired) electrons. The van der Waals surface area contributed by atoms with Gasteiger partial charge in [0.2, 0.25) is 0 Å². The molecule has 4 rings (SSSR count). The van der Waals surface area contributed by atoms with E-state index < -0.39 is 22.9 Å². The highest BCUT2D eigenvalue weighted by atomic mass is 19.4. The molecule has 1 N–H and O–H groups in total. The Balaban J connectivity index is 1.57. The highest BCUT2D eigenvalue weighted by Gasteiger charge is 2.62. The molecular formula is C27H41B2F3O. The van der Waals surface area contributed by atoms with Crippen molar-refractivity contribution >= 4 is 15.7 Å². The van der Waals surface area contributed by atoms with Crippen molar-refractivity contribution in [3.63, 3.8) is 0 Å². The van der Waals surface area contributed by atoms with E-state index in [-0.39, 0.29) is 29.1 Å². The van der Waals surface area contributed by atoms with E-state index in [1.807, 2.05) is 6.92 Å². The molecule has 0 amide bonds. The summed E-state index contributed by atoms with van der Waals surface area (Å²) in [6.45, 7) is 10.1. The molecule has 182 valence electrons. The molecule has 4 aliphatic carbocycles. The van der Waals surface area contributed by atoms with Crippen LogP contribution >= 0.6 is 0 Å². The lowest BCUT2D eigenvalue weighted by Crippen LogP contribution is -2.56. The Kier molecular flexibility index (Phi) is 6.28. The van der Waals surface area contributed by atoms with E-state index in [1.54, 1.807) is 0 Å². The molecule has 33 heavy (non-hydrogen) atoms. The third-order valence-electron chi connectivity index (χ3n) is 11.0. The molecule has 4 aliphatic rings. The van der Waals surface area contributed by atoms with Gasteiger partial charge in [-0.3, -0.25) is 0 Å². The molecule has 0 aromatic heterocycles. The Hall–Kier alpha value is -0.380. The van der Waals surface area contributed by atoms with E-state index in [1.165, 1.54) is 12.5 Å². The zero-order valence-electron chi connectivity index (χ0n) is 21.1. The van der Waals surface area contributed by atoms with Gasteiger partial charge < -0.3 is 5.11 Å². The number of halogens is 3. The fourth-order valence-electron chi connectivity index (χ4n) is 8.83. The number of hydrogen-bond donors (Lipinski definition) is 1. The first kappa shape index (κ1) is 25.7. The summed E-state index contributed by atoms with van der Waals surface area (Å²) < 4.78 is 39.2. The van der Waals surface area contributed by atoms with Crippen molar-refractivity contribution in [1.29, 1.82) is 0 Å². The van der Waals surface area contributed by atoms with Gasteiger partial charge in [-0.05, 0) is 105 Å². The lowest BCUT2D eigenvalue weighted by Gasteiger charge is -2.64. The van der Waals surface area contributed by atoms with Gasteiger partial charge in [-0.1, -0.05) is 44.6 Å². The molecule has 0 aromatic carbocycles. The monoisotopic (exact) mass is 460 g/mol. The third-order valence-corrected chi connectivity index (χ3v) is 11.0. The first-order valence-electron chi connectivity index (χ1n) is 13.1. The normalized spacial score (nSPS) is 46.5. The van der Waals surface area contributed by atoms with Crippen LogP contribution in [-0.4, -0.2) is 32.6 Å². The quantitative estimate of drug-likeness (QED) is 0.354. The van der Waals surface area contributed by atoms with Crippen LogP contribution in [0.3, 0.4) is 0 Å². The number of hydrogen-bond acceptors (Lipinski definition) is 1. The van der Waals surface area contributed by atoms with E-state index in [9.17, 15) is 18.3 Å². The van der Waals surface area contributed by atoms with E-state index in [0.717, 1.165) is 38.5 Å². The van der Waals surface area contributed by atoms with Crippen LogP contribution in [0.15, 0.2) is 11.6 Å². The molecule has 1 nitrogen and oxygen atoms in total. The van der Waals surface area contributed by atoms with Gasteiger partial charge in [-0.25, -0.2) is 0 Å². The van der Waals surface area contributed by atoms with Crippen molar-refractivity contribution < 1.29 is 18.3 Å². The molecule has 3 fully saturated rings. The van der Waals surface area contributed by atoms with E-state index in [0.29, 0.717) is 30.6 Å². The molecule has 0 bridgehead atoms. The summed E-state index contributed by atoms with van der Waals surface area (Å²) in [6.07, 6.45) is 5.49. The van der Waals surface area contributed by atoms with Gasteiger partial charge >= 0.3 is 6.18 Å². The van der Waals surface area contributed by atoms with Crippen molar-refractivity contribution in [3.05, 3.63) is 11.6 Å². The van der Waals surface area contributed by atoms with Gasteiger partial charge in [0.25, 0.3) is 0 Å². The maximum Gasteiger partial charge on any atom is 0.391 e. The van der Waals surface area contributed by atoms with Crippen LogP contribution in [0.4, 0.5) is 13.2 Å². The molecule has 6 heteroatoms. The van der Waals surface area contributed by atoms with Crippen LogP contribution in [0.1, 0.15) is 92.4 Å². The molecular weight excluding hydrogens is 419 g/mol.